The highest BCUT2D eigenvalue weighted by Crippen LogP contribution is 2.28. The largest absolute Gasteiger partial charge is 0.493 e. The molecule has 0 radical (unpaired) electrons. The van der Waals surface area contributed by atoms with Crippen molar-refractivity contribution in [1.29, 1.82) is 0 Å². The highest BCUT2D eigenvalue weighted by atomic mass is 32.2. The number of thioether (sulfide) groups is 1. The summed E-state index contributed by atoms with van der Waals surface area (Å²) in [6.45, 7) is 1.95. The van der Waals surface area contributed by atoms with E-state index in [0.717, 1.165) is 43.0 Å². The monoisotopic (exact) mass is 277 g/mol. The van der Waals surface area contributed by atoms with Crippen molar-refractivity contribution in [3.05, 3.63) is 29.3 Å². The van der Waals surface area contributed by atoms with E-state index in [1.165, 1.54) is 30.4 Å². The van der Waals surface area contributed by atoms with Crippen LogP contribution in [0.4, 0.5) is 0 Å². The van der Waals surface area contributed by atoms with Crippen molar-refractivity contribution < 1.29 is 4.74 Å². The van der Waals surface area contributed by atoms with Crippen LogP contribution < -0.4 is 10.1 Å². The third-order valence-corrected chi connectivity index (χ3v) is 5.50. The lowest BCUT2D eigenvalue weighted by molar-refractivity contribution is 0.357. The summed E-state index contributed by atoms with van der Waals surface area (Å²) in [5.74, 6) is 1.09. The van der Waals surface area contributed by atoms with Gasteiger partial charge in [-0.05, 0) is 49.3 Å². The van der Waals surface area contributed by atoms with Crippen LogP contribution in [0.15, 0.2) is 18.2 Å². The van der Waals surface area contributed by atoms with E-state index in [2.05, 4.69) is 29.8 Å². The number of hydrogen-bond donors (Lipinski definition) is 1. The van der Waals surface area contributed by atoms with Gasteiger partial charge in [0.2, 0.25) is 0 Å². The minimum absolute atomic E-state index is 0.729. The van der Waals surface area contributed by atoms with E-state index in [9.17, 15) is 0 Å². The first kappa shape index (κ1) is 13.3. The molecule has 19 heavy (non-hydrogen) atoms. The molecule has 1 aromatic rings. The normalized spacial score (nSPS) is 25.3. The molecule has 2 atom stereocenters. The Morgan fingerprint density at radius 1 is 1.37 bits per heavy atom. The first-order chi connectivity index (χ1) is 9.36. The van der Waals surface area contributed by atoms with Gasteiger partial charge in [0.15, 0.2) is 0 Å². The SMILES string of the molecule is CSC1CCCC1NCCc1ccc2c(c1)CCO2. The summed E-state index contributed by atoms with van der Waals surface area (Å²) in [4.78, 5) is 0. The molecular weight excluding hydrogens is 254 g/mol. The number of benzene rings is 1. The lowest BCUT2D eigenvalue weighted by Crippen LogP contribution is -2.35. The van der Waals surface area contributed by atoms with E-state index in [1.807, 2.05) is 11.8 Å². The maximum absolute atomic E-state index is 5.55. The molecule has 1 fully saturated rings. The smallest absolute Gasteiger partial charge is 0.122 e. The van der Waals surface area contributed by atoms with Crippen LogP contribution in [-0.2, 0) is 12.8 Å². The molecule has 0 spiro atoms. The van der Waals surface area contributed by atoms with E-state index < -0.39 is 0 Å². The van der Waals surface area contributed by atoms with Crippen molar-refractivity contribution >= 4 is 11.8 Å². The predicted octanol–water partition coefficient (Wildman–Crippen LogP) is 3.04. The lowest BCUT2D eigenvalue weighted by Gasteiger charge is -2.19. The second-order valence-electron chi connectivity index (χ2n) is 5.56. The molecular formula is C16H23NOS. The number of ether oxygens (including phenoxy) is 1. The Hall–Kier alpha value is -0.670. The molecule has 0 amide bonds. The summed E-state index contributed by atoms with van der Waals surface area (Å²) >= 11 is 2.02. The van der Waals surface area contributed by atoms with Crippen LogP contribution in [0.25, 0.3) is 0 Å². The minimum Gasteiger partial charge on any atom is -0.493 e. The molecule has 2 aliphatic rings. The van der Waals surface area contributed by atoms with Gasteiger partial charge in [-0.25, -0.2) is 0 Å². The molecule has 3 heteroatoms. The minimum atomic E-state index is 0.729. The maximum atomic E-state index is 5.55. The van der Waals surface area contributed by atoms with Crippen LogP contribution in [0.5, 0.6) is 5.75 Å². The molecule has 2 nitrogen and oxygen atoms in total. The zero-order chi connectivity index (χ0) is 13.1. The standard InChI is InChI=1S/C16H23NOS/c1-19-16-4-2-3-14(16)17-9-7-12-5-6-15-13(11-12)8-10-18-15/h5-6,11,14,16-17H,2-4,7-10H2,1H3. The van der Waals surface area contributed by atoms with Crippen molar-refractivity contribution in [2.45, 2.75) is 43.4 Å². The molecule has 3 rings (SSSR count). The van der Waals surface area contributed by atoms with Crippen LogP contribution in [0.1, 0.15) is 30.4 Å². The summed E-state index contributed by atoms with van der Waals surface area (Å²) in [6, 6.07) is 7.41. The quantitative estimate of drug-likeness (QED) is 0.894. The Bertz CT molecular complexity index is 435. The third-order valence-electron chi connectivity index (χ3n) is 4.33. The molecule has 1 aromatic carbocycles. The van der Waals surface area contributed by atoms with Crippen molar-refractivity contribution in [2.24, 2.45) is 0 Å². The fraction of sp³-hybridized carbons (Fsp3) is 0.625. The van der Waals surface area contributed by atoms with Crippen molar-refractivity contribution in [3.63, 3.8) is 0 Å². The van der Waals surface area contributed by atoms with Gasteiger partial charge < -0.3 is 10.1 Å². The van der Waals surface area contributed by atoms with Crippen molar-refractivity contribution in [2.75, 3.05) is 19.4 Å². The van der Waals surface area contributed by atoms with Crippen LogP contribution >= 0.6 is 11.8 Å². The summed E-state index contributed by atoms with van der Waals surface area (Å²) in [5.41, 5.74) is 2.83. The average Bonchev–Trinajstić information content (AvgIpc) is 3.06. The molecule has 1 saturated carbocycles. The molecule has 0 saturated heterocycles. The van der Waals surface area contributed by atoms with Crippen LogP contribution in [0.3, 0.4) is 0 Å². The van der Waals surface area contributed by atoms with Gasteiger partial charge in [0.1, 0.15) is 5.75 Å². The fourth-order valence-corrected chi connectivity index (χ4v) is 4.20. The molecule has 1 aliphatic heterocycles. The number of hydrogen-bond acceptors (Lipinski definition) is 3. The molecule has 0 aromatic heterocycles. The van der Waals surface area contributed by atoms with Crippen molar-refractivity contribution in [1.82, 2.24) is 5.32 Å². The topological polar surface area (TPSA) is 21.3 Å². The van der Waals surface area contributed by atoms with Crippen LogP contribution in [0, 0.1) is 0 Å². The summed E-state index contributed by atoms with van der Waals surface area (Å²) < 4.78 is 5.55. The predicted molar refractivity (Wildman–Crippen MR) is 82.3 cm³/mol. The van der Waals surface area contributed by atoms with Crippen molar-refractivity contribution in [3.8, 4) is 5.75 Å². The Morgan fingerprint density at radius 2 is 2.32 bits per heavy atom. The van der Waals surface area contributed by atoms with Gasteiger partial charge in [0.05, 0.1) is 6.61 Å². The average molecular weight is 277 g/mol. The van der Waals surface area contributed by atoms with E-state index in [0.29, 0.717) is 0 Å². The Balaban J connectivity index is 1.50. The van der Waals surface area contributed by atoms with Gasteiger partial charge >= 0.3 is 0 Å². The number of fused-ring (bicyclic) bond motifs is 1. The molecule has 1 N–H and O–H groups in total. The zero-order valence-electron chi connectivity index (χ0n) is 11.7. The second kappa shape index (κ2) is 6.19. The molecule has 1 heterocycles. The Kier molecular flexibility index (Phi) is 4.34. The van der Waals surface area contributed by atoms with Gasteiger partial charge in [0.25, 0.3) is 0 Å². The van der Waals surface area contributed by atoms with Gasteiger partial charge in [0, 0.05) is 17.7 Å². The third kappa shape index (κ3) is 3.09. The fourth-order valence-electron chi connectivity index (χ4n) is 3.24. The first-order valence-corrected chi connectivity index (χ1v) is 8.66. The number of nitrogens with one attached hydrogen (secondary N) is 1. The first-order valence-electron chi connectivity index (χ1n) is 7.37. The molecule has 2 unspecified atom stereocenters. The lowest BCUT2D eigenvalue weighted by atomic mass is 10.1. The van der Waals surface area contributed by atoms with Crippen LogP contribution in [-0.4, -0.2) is 30.7 Å². The highest BCUT2D eigenvalue weighted by molar-refractivity contribution is 7.99. The van der Waals surface area contributed by atoms with Crippen LogP contribution in [0.2, 0.25) is 0 Å². The van der Waals surface area contributed by atoms with Gasteiger partial charge in [-0.2, -0.15) is 11.8 Å². The van der Waals surface area contributed by atoms with Gasteiger partial charge in [-0.15, -0.1) is 0 Å². The van der Waals surface area contributed by atoms with E-state index in [4.69, 9.17) is 4.74 Å². The molecule has 104 valence electrons. The summed E-state index contributed by atoms with van der Waals surface area (Å²) in [7, 11) is 0. The van der Waals surface area contributed by atoms with Gasteiger partial charge in [-0.1, -0.05) is 18.6 Å². The summed E-state index contributed by atoms with van der Waals surface area (Å²) in [6.07, 6.45) is 8.57. The van der Waals surface area contributed by atoms with E-state index in [1.54, 1.807) is 0 Å². The Morgan fingerprint density at radius 3 is 3.21 bits per heavy atom. The Labute approximate surface area is 120 Å². The van der Waals surface area contributed by atoms with E-state index >= 15 is 0 Å². The second-order valence-corrected chi connectivity index (χ2v) is 6.63. The summed E-state index contributed by atoms with van der Waals surface area (Å²) in [5, 5.41) is 4.57. The zero-order valence-corrected chi connectivity index (χ0v) is 12.5. The molecule has 0 bridgehead atoms. The number of rotatable bonds is 5. The van der Waals surface area contributed by atoms with E-state index in [-0.39, 0.29) is 0 Å². The molecule has 1 aliphatic carbocycles. The highest BCUT2D eigenvalue weighted by Gasteiger charge is 2.25. The van der Waals surface area contributed by atoms with Gasteiger partial charge in [-0.3, -0.25) is 0 Å². The maximum Gasteiger partial charge on any atom is 0.122 e.